The van der Waals surface area contributed by atoms with Gasteiger partial charge in [0.05, 0.1) is 5.69 Å². The Balaban J connectivity index is 1.97. The number of nitrogens with one attached hydrogen (secondary N) is 1. The number of benzene rings is 2. The van der Waals surface area contributed by atoms with E-state index in [0.717, 1.165) is 20.1 Å². The van der Waals surface area contributed by atoms with Gasteiger partial charge in [-0.25, -0.2) is 0 Å². The van der Waals surface area contributed by atoms with Gasteiger partial charge in [0, 0.05) is 8.95 Å². The molecule has 5 heteroatoms. The molecule has 0 aliphatic heterocycles. The zero-order chi connectivity index (χ0) is 15.4. The van der Waals surface area contributed by atoms with E-state index in [4.69, 9.17) is 4.74 Å². The molecule has 0 fully saturated rings. The summed E-state index contributed by atoms with van der Waals surface area (Å²) in [4.78, 5) is 11.9. The van der Waals surface area contributed by atoms with E-state index in [1.54, 1.807) is 0 Å². The van der Waals surface area contributed by atoms with Crippen molar-refractivity contribution in [3.05, 3.63) is 56.5 Å². The van der Waals surface area contributed by atoms with Gasteiger partial charge in [0.25, 0.3) is 5.91 Å². The average Bonchev–Trinajstić information content (AvgIpc) is 2.40. The molecule has 0 aromatic heterocycles. The lowest BCUT2D eigenvalue weighted by Gasteiger charge is -2.10. The van der Waals surface area contributed by atoms with Crippen LogP contribution in [0, 0.1) is 13.8 Å². The zero-order valence-corrected chi connectivity index (χ0v) is 14.9. The molecular formula is C16H15Br2NO2. The molecule has 1 amide bonds. The number of ether oxygens (including phenoxy) is 1. The van der Waals surface area contributed by atoms with Crippen LogP contribution >= 0.6 is 31.9 Å². The summed E-state index contributed by atoms with van der Waals surface area (Å²) >= 11 is 6.77. The monoisotopic (exact) mass is 411 g/mol. The Hall–Kier alpha value is -1.33. The fraction of sp³-hybridized carbons (Fsp3) is 0.188. The molecule has 21 heavy (non-hydrogen) atoms. The van der Waals surface area contributed by atoms with Crippen LogP contribution in [0.3, 0.4) is 0 Å². The summed E-state index contributed by atoms with van der Waals surface area (Å²) in [6.07, 6.45) is 0. The van der Waals surface area contributed by atoms with Gasteiger partial charge in [-0.3, -0.25) is 4.79 Å². The second-order valence-corrected chi connectivity index (χ2v) is 6.55. The number of hydrogen-bond donors (Lipinski definition) is 1. The molecule has 3 nitrogen and oxygen atoms in total. The van der Waals surface area contributed by atoms with Crippen LogP contribution in [0.4, 0.5) is 5.69 Å². The largest absolute Gasteiger partial charge is 0.484 e. The Morgan fingerprint density at radius 2 is 1.76 bits per heavy atom. The SMILES string of the molecule is Cc1cc(C)cc(OCC(=O)Nc2cc(Br)ccc2Br)c1. The van der Waals surface area contributed by atoms with E-state index in [1.165, 1.54) is 0 Å². The van der Waals surface area contributed by atoms with E-state index in [2.05, 4.69) is 43.2 Å². The smallest absolute Gasteiger partial charge is 0.262 e. The van der Waals surface area contributed by atoms with E-state index in [1.807, 2.05) is 44.2 Å². The van der Waals surface area contributed by atoms with Crippen LogP contribution in [0.5, 0.6) is 5.75 Å². The predicted molar refractivity (Wildman–Crippen MR) is 91.9 cm³/mol. The summed E-state index contributed by atoms with van der Waals surface area (Å²) in [5.41, 5.74) is 2.93. The molecule has 0 atom stereocenters. The fourth-order valence-electron chi connectivity index (χ4n) is 1.94. The van der Waals surface area contributed by atoms with Crippen LogP contribution in [0.15, 0.2) is 45.3 Å². The number of carbonyl (C=O) groups excluding carboxylic acids is 1. The first-order chi connectivity index (χ1) is 9.94. The standard InChI is InChI=1S/C16H15Br2NO2/c1-10-5-11(2)7-13(6-10)21-9-16(20)19-15-8-12(17)3-4-14(15)18/h3-8H,9H2,1-2H3,(H,19,20). The summed E-state index contributed by atoms with van der Waals surface area (Å²) in [7, 11) is 0. The van der Waals surface area contributed by atoms with Crippen molar-refractivity contribution in [1.29, 1.82) is 0 Å². The first-order valence-electron chi connectivity index (χ1n) is 6.40. The highest BCUT2D eigenvalue weighted by Gasteiger charge is 2.07. The van der Waals surface area contributed by atoms with Crippen molar-refractivity contribution >= 4 is 43.5 Å². The molecule has 2 rings (SSSR count). The highest BCUT2D eigenvalue weighted by Crippen LogP contribution is 2.26. The van der Waals surface area contributed by atoms with E-state index >= 15 is 0 Å². The van der Waals surface area contributed by atoms with Crippen molar-refractivity contribution in [3.8, 4) is 5.75 Å². The van der Waals surface area contributed by atoms with Gasteiger partial charge >= 0.3 is 0 Å². The summed E-state index contributed by atoms with van der Waals surface area (Å²) in [5, 5.41) is 2.81. The van der Waals surface area contributed by atoms with Crippen LogP contribution < -0.4 is 10.1 Å². The molecule has 0 radical (unpaired) electrons. The molecule has 110 valence electrons. The number of halogens is 2. The van der Waals surface area contributed by atoms with E-state index < -0.39 is 0 Å². The van der Waals surface area contributed by atoms with Crippen molar-refractivity contribution < 1.29 is 9.53 Å². The molecule has 0 aliphatic carbocycles. The Kier molecular flexibility index (Phi) is 5.42. The quantitative estimate of drug-likeness (QED) is 0.779. The third kappa shape index (κ3) is 4.86. The maximum Gasteiger partial charge on any atom is 0.262 e. The van der Waals surface area contributed by atoms with Crippen LogP contribution in [0.1, 0.15) is 11.1 Å². The maximum atomic E-state index is 11.9. The predicted octanol–water partition coefficient (Wildman–Crippen LogP) is 4.85. The first-order valence-corrected chi connectivity index (χ1v) is 7.98. The lowest BCUT2D eigenvalue weighted by molar-refractivity contribution is -0.118. The molecule has 0 bridgehead atoms. The topological polar surface area (TPSA) is 38.3 Å². The number of aryl methyl sites for hydroxylation is 2. The van der Waals surface area contributed by atoms with Gasteiger partial charge in [-0.05, 0) is 71.2 Å². The van der Waals surface area contributed by atoms with Gasteiger partial charge < -0.3 is 10.1 Å². The molecule has 2 aromatic carbocycles. The second-order valence-electron chi connectivity index (χ2n) is 4.78. The van der Waals surface area contributed by atoms with Crippen molar-refractivity contribution in [2.75, 3.05) is 11.9 Å². The highest BCUT2D eigenvalue weighted by molar-refractivity contribution is 9.11. The Bertz CT molecular complexity index is 651. The molecular weight excluding hydrogens is 398 g/mol. The van der Waals surface area contributed by atoms with Crippen molar-refractivity contribution in [2.45, 2.75) is 13.8 Å². The molecule has 0 unspecified atom stereocenters. The Morgan fingerprint density at radius 1 is 1.10 bits per heavy atom. The van der Waals surface area contributed by atoms with Crippen molar-refractivity contribution in [1.82, 2.24) is 0 Å². The van der Waals surface area contributed by atoms with Crippen LogP contribution in [0.25, 0.3) is 0 Å². The highest BCUT2D eigenvalue weighted by atomic mass is 79.9. The van der Waals surface area contributed by atoms with E-state index in [9.17, 15) is 4.79 Å². The maximum absolute atomic E-state index is 11.9. The minimum Gasteiger partial charge on any atom is -0.484 e. The number of hydrogen-bond acceptors (Lipinski definition) is 2. The number of amides is 1. The van der Waals surface area contributed by atoms with Crippen LogP contribution in [0.2, 0.25) is 0 Å². The van der Waals surface area contributed by atoms with E-state index in [0.29, 0.717) is 11.4 Å². The van der Waals surface area contributed by atoms with Crippen molar-refractivity contribution in [3.63, 3.8) is 0 Å². The van der Waals surface area contributed by atoms with E-state index in [-0.39, 0.29) is 12.5 Å². The molecule has 2 aromatic rings. The minimum atomic E-state index is -0.201. The summed E-state index contributed by atoms with van der Waals surface area (Å²) < 4.78 is 7.26. The average molecular weight is 413 g/mol. The normalized spacial score (nSPS) is 10.3. The fourth-order valence-corrected chi connectivity index (χ4v) is 2.65. The summed E-state index contributed by atoms with van der Waals surface area (Å²) in [6.45, 7) is 3.97. The van der Waals surface area contributed by atoms with Crippen molar-refractivity contribution in [2.24, 2.45) is 0 Å². The molecule has 0 spiro atoms. The molecule has 0 saturated carbocycles. The molecule has 0 saturated heterocycles. The molecule has 0 aliphatic rings. The second kappa shape index (κ2) is 7.09. The first kappa shape index (κ1) is 16.0. The summed E-state index contributed by atoms with van der Waals surface area (Å²) in [5.74, 6) is 0.504. The Labute approximate surface area is 141 Å². The van der Waals surface area contributed by atoms with Gasteiger partial charge in [-0.15, -0.1) is 0 Å². The number of anilines is 1. The van der Waals surface area contributed by atoms with Crippen LogP contribution in [-0.4, -0.2) is 12.5 Å². The number of rotatable bonds is 4. The number of carbonyl (C=O) groups is 1. The third-order valence-electron chi connectivity index (χ3n) is 2.77. The van der Waals surface area contributed by atoms with Crippen LogP contribution in [-0.2, 0) is 4.79 Å². The minimum absolute atomic E-state index is 0.0259. The van der Waals surface area contributed by atoms with Gasteiger partial charge in [0.2, 0.25) is 0 Å². The Morgan fingerprint density at radius 3 is 2.43 bits per heavy atom. The lowest BCUT2D eigenvalue weighted by atomic mass is 10.1. The summed E-state index contributed by atoms with van der Waals surface area (Å²) in [6, 6.07) is 11.5. The molecule has 1 N–H and O–H groups in total. The van der Waals surface area contributed by atoms with Gasteiger partial charge in [0.1, 0.15) is 5.75 Å². The van der Waals surface area contributed by atoms with Gasteiger partial charge in [-0.1, -0.05) is 22.0 Å². The third-order valence-corrected chi connectivity index (χ3v) is 3.95. The lowest BCUT2D eigenvalue weighted by Crippen LogP contribution is -2.20. The van der Waals surface area contributed by atoms with Gasteiger partial charge in [-0.2, -0.15) is 0 Å². The molecule has 0 heterocycles. The zero-order valence-electron chi connectivity index (χ0n) is 11.7. The van der Waals surface area contributed by atoms with Gasteiger partial charge in [0.15, 0.2) is 6.61 Å².